The molecule has 1 nitrogen and oxygen atoms in total. The van der Waals surface area contributed by atoms with Crippen molar-refractivity contribution in [3.8, 4) is 0 Å². The van der Waals surface area contributed by atoms with Crippen LogP contribution in [0.15, 0.2) is 24.3 Å². The molecule has 1 saturated heterocycles. The number of thioether (sulfide) groups is 1. The highest BCUT2D eigenvalue weighted by atomic mass is 79.9. The summed E-state index contributed by atoms with van der Waals surface area (Å²) < 4.78 is 18.7. The van der Waals surface area contributed by atoms with Gasteiger partial charge in [0.2, 0.25) is 0 Å². The molecular weight excluding hydrogens is 327 g/mol. The fourth-order valence-corrected chi connectivity index (χ4v) is 4.06. The number of hydrogen-bond acceptors (Lipinski definition) is 2. The van der Waals surface area contributed by atoms with Crippen molar-refractivity contribution in [2.24, 2.45) is 0 Å². The summed E-state index contributed by atoms with van der Waals surface area (Å²) in [6, 6.07) is 7.57. The maximum absolute atomic E-state index is 13.2. The van der Waals surface area contributed by atoms with Crippen LogP contribution in [0, 0.1) is 0 Å². The van der Waals surface area contributed by atoms with E-state index in [1.807, 2.05) is 24.3 Å². The molecule has 94 valence electrons. The molecule has 3 atom stereocenters. The highest BCUT2D eigenvalue weighted by Gasteiger charge is 2.33. The molecule has 0 aromatic heterocycles. The monoisotopic (exact) mass is 338 g/mol. The Bertz CT molecular complexity index is 352. The van der Waals surface area contributed by atoms with Crippen LogP contribution in [0.1, 0.15) is 12.0 Å². The Morgan fingerprint density at radius 2 is 2.12 bits per heavy atom. The van der Waals surface area contributed by atoms with Crippen LogP contribution in [0.25, 0.3) is 0 Å². The predicted molar refractivity (Wildman–Crippen MR) is 74.7 cm³/mol. The molecule has 3 unspecified atom stereocenters. The number of alkyl halides is 2. The lowest BCUT2D eigenvalue weighted by Gasteiger charge is -2.09. The van der Waals surface area contributed by atoms with Crippen molar-refractivity contribution in [3.05, 3.63) is 34.9 Å². The van der Waals surface area contributed by atoms with Crippen molar-refractivity contribution in [3.63, 3.8) is 0 Å². The first-order chi connectivity index (χ1) is 8.15. The van der Waals surface area contributed by atoms with Gasteiger partial charge in [0, 0.05) is 10.3 Å². The summed E-state index contributed by atoms with van der Waals surface area (Å²) in [5.74, 6) is 0. The first-order valence-electron chi connectivity index (χ1n) is 5.41. The number of halogens is 3. The van der Waals surface area contributed by atoms with Gasteiger partial charge in [-0.1, -0.05) is 39.7 Å². The zero-order valence-electron chi connectivity index (χ0n) is 9.11. The molecule has 0 bridgehead atoms. The van der Waals surface area contributed by atoms with Crippen molar-refractivity contribution >= 4 is 39.3 Å². The topological polar surface area (TPSA) is 9.23 Å². The van der Waals surface area contributed by atoms with Crippen LogP contribution in [0.5, 0.6) is 0 Å². The summed E-state index contributed by atoms with van der Waals surface area (Å²) in [6.07, 6.45) is -0.189. The molecule has 0 aliphatic carbocycles. The van der Waals surface area contributed by atoms with Crippen LogP contribution >= 0.6 is 39.3 Å². The average Bonchev–Trinajstić information content (AvgIpc) is 2.61. The third-order valence-corrected chi connectivity index (χ3v) is 5.32. The highest BCUT2D eigenvalue weighted by molar-refractivity contribution is 9.11. The lowest BCUT2D eigenvalue weighted by atomic mass is 10.2. The summed E-state index contributed by atoms with van der Waals surface area (Å²) in [7, 11) is 0. The summed E-state index contributed by atoms with van der Waals surface area (Å²) in [5.41, 5.74) is 1.09. The third kappa shape index (κ3) is 4.12. The van der Waals surface area contributed by atoms with Gasteiger partial charge in [0.25, 0.3) is 0 Å². The van der Waals surface area contributed by atoms with Crippen LogP contribution in [-0.4, -0.2) is 22.2 Å². The quantitative estimate of drug-likeness (QED) is 0.751. The molecule has 17 heavy (non-hydrogen) atoms. The van der Waals surface area contributed by atoms with Gasteiger partial charge in [-0.05, 0) is 24.1 Å². The first-order valence-corrected chi connectivity index (χ1v) is 7.64. The van der Waals surface area contributed by atoms with E-state index in [0.717, 1.165) is 10.6 Å². The van der Waals surface area contributed by atoms with Crippen molar-refractivity contribution in [1.82, 2.24) is 0 Å². The molecular formula is C12H13BrClFOS. The van der Waals surface area contributed by atoms with Gasteiger partial charge in [-0.15, -0.1) is 11.8 Å². The molecule has 0 amide bonds. The summed E-state index contributed by atoms with van der Waals surface area (Å²) >= 11 is 10.7. The van der Waals surface area contributed by atoms with Gasteiger partial charge in [-0.3, -0.25) is 0 Å². The third-order valence-electron chi connectivity index (χ3n) is 2.58. The first kappa shape index (κ1) is 13.7. The summed E-state index contributed by atoms with van der Waals surface area (Å²) in [4.78, 5) is 0. The Morgan fingerprint density at radius 3 is 2.71 bits per heavy atom. The van der Waals surface area contributed by atoms with E-state index < -0.39 is 6.17 Å². The molecule has 5 heteroatoms. The van der Waals surface area contributed by atoms with Gasteiger partial charge in [-0.25, -0.2) is 4.39 Å². The van der Waals surface area contributed by atoms with E-state index in [1.54, 1.807) is 11.8 Å². The molecule has 2 rings (SSSR count). The molecule has 1 heterocycles. The zero-order valence-corrected chi connectivity index (χ0v) is 12.3. The van der Waals surface area contributed by atoms with E-state index in [-0.39, 0.29) is 9.41 Å². The van der Waals surface area contributed by atoms with Crippen molar-refractivity contribution in [2.45, 2.75) is 28.6 Å². The lowest BCUT2D eigenvalue weighted by Crippen LogP contribution is -2.10. The van der Waals surface area contributed by atoms with Gasteiger partial charge in [-0.2, -0.15) is 0 Å². The van der Waals surface area contributed by atoms with Crippen LogP contribution < -0.4 is 0 Å². The van der Waals surface area contributed by atoms with E-state index in [4.69, 9.17) is 16.3 Å². The van der Waals surface area contributed by atoms with E-state index in [2.05, 4.69) is 15.9 Å². The largest absolute Gasteiger partial charge is 0.376 e. The minimum absolute atomic E-state index is 0.0772. The van der Waals surface area contributed by atoms with E-state index >= 15 is 0 Å². The number of rotatable bonds is 4. The van der Waals surface area contributed by atoms with Crippen LogP contribution in [0.4, 0.5) is 4.39 Å². The van der Waals surface area contributed by atoms with Crippen LogP contribution in [0.2, 0.25) is 5.02 Å². The molecule has 0 N–H and O–H groups in total. The SMILES string of the molecule is FC1CC(COCc2ccc(Cl)cc2)SC1Br. The summed E-state index contributed by atoms with van der Waals surface area (Å²) in [6.45, 7) is 1.15. The smallest absolute Gasteiger partial charge is 0.123 e. The standard InChI is InChI=1S/C12H13BrClFOS/c13-12-11(15)5-10(17-12)7-16-6-8-1-3-9(14)4-2-8/h1-4,10-12H,5-7H2. The average molecular weight is 340 g/mol. The predicted octanol–water partition coefficient (Wildman–Crippen LogP) is 4.42. The maximum atomic E-state index is 13.2. The van der Waals surface area contributed by atoms with Crippen LogP contribution in [-0.2, 0) is 11.3 Å². The number of ether oxygens (including phenoxy) is 1. The Balaban J connectivity index is 1.71. The molecule has 1 aliphatic rings. The Hall–Kier alpha value is 0.230. The molecule has 0 radical (unpaired) electrons. The normalized spacial score (nSPS) is 28.5. The second-order valence-electron chi connectivity index (χ2n) is 4.00. The van der Waals surface area contributed by atoms with Gasteiger partial charge in [0.05, 0.1) is 17.4 Å². The molecule has 1 aromatic carbocycles. The maximum Gasteiger partial charge on any atom is 0.123 e. The molecule has 0 saturated carbocycles. The molecule has 0 spiro atoms. The lowest BCUT2D eigenvalue weighted by molar-refractivity contribution is 0.118. The number of hydrogen-bond donors (Lipinski definition) is 0. The second-order valence-corrected chi connectivity index (χ2v) is 7.48. The molecule has 1 aromatic rings. The fraction of sp³-hybridized carbons (Fsp3) is 0.500. The van der Waals surface area contributed by atoms with Crippen molar-refractivity contribution in [1.29, 1.82) is 0 Å². The van der Waals surface area contributed by atoms with E-state index in [0.29, 0.717) is 19.6 Å². The molecule has 1 fully saturated rings. The Morgan fingerprint density at radius 1 is 1.41 bits per heavy atom. The number of benzene rings is 1. The highest BCUT2D eigenvalue weighted by Crippen LogP contribution is 2.39. The van der Waals surface area contributed by atoms with Gasteiger partial charge >= 0.3 is 0 Å². The van der Waals surface area contributed by atoms with Crippen molar-refractivity contribution in [2.75, 3.05) is 6.61 Å². The van der Waals surface area contributed by atoms with Gasteiger partial charge < -0.3 is 4.74 Å². The van der Waals surface area contributed by atoms with E-state index in [1.165, 1.54) is 0 Å². The van der Waals surface area contributed by atoms with Crippen molar-refractivity contribution < 1.29 is 9.13 Å². The zero-order chi connectivity index (χ0) is 12.3. The minimum Gasteiger partial charge on any atom is -0.376 e. The Kier molecular flexibility index (Phi) is 5.15. The Labute approximate surface area is 118 Å². The van der Waals surface area contributed by atoms with Gasteiger partial charge in [0.15, 0.2) is 0 Å². The molecule has 1 aliphatic heterocycles. The van der Waals surface area contributed by atoms with Crippen LogP contribution in [0.3, 0.4) is 0 Å². The van der Waals surface area contributed by atoms with Gasteiger partial charge in [0.1, 0.15) is 6.17 Å². The summed E-state index contributed by atoms with van der Waals surface area (Å²) in [5, 5.41) is 0.976. The fourth-order valence-electron chi connectivity index (χ4n) is 1.68. The van der Waals surface area contributed by atoms with E-state index in [9.17, 15) is 4.39 Å². The second kappa shape index (κ2) is 6.41. The minimum atomic E-state index is -0.760.